The molecule has 55 heavy (non-hydrogen) atoms. The molecule has 2 aliphatic rings. The molecule has 0 aliphatic carbocycles. The van der Waals surface area contributed by atoms with E-state index in [0.29, 0.717) is 35.4 Å². The lowest BCUT2D eigenvalue weighted by molar-refractivity contribution is -0.193. The van der Waals surface area contributed by atoms with Gasteiger partial charge in [-0.15, -0.1) is 0 Å². The first kappa shape index (κ1) is 40.8. The van der Waals surface area contributed by atoms with E-state index in [1.165, 1.54) is 28.7 Å². The third kappa shape index (κ3) is 10.2. The van der Waals surface area contributed by atoms with Gasteiger partial charge in [-0.2, -0.15) is 35.6 Å². The molecule has 6 rings (SSSR count). The lowest BCUT2D eigenvalue weighted by Crippen LogP contribution is -2.51. The fourth-order valence-electron chi connectivity index (χ4n) is 5.20. The number of pyridine rings is 1. The van der Waals surface area contributed by atoms with Gasteiger partial charge in [0.05, 0.1) is 18.1 Å². The highest BCUT2D eigenvalue weighted by atomic mass is 35.5. The summed E-state index contributed by atoms with van der Waals surface area (Å²) in [6.07, 6.45) is -5.29. The third-order valence-electron chi connectivity index (χ3n) is 7.92. The zero-order valence-corrected chi connectivity index (χ0v) is 29.5. The van der Waals surface area contributed by atoms with E-state index in [-0.39, 0.29) is 43.6 Å². The fourth-order valence-corrected chi connectivity index (χ4v) is 6.83. The highest BCUT2D eigenvalue weighted by Crippen LogP contribution is 2.31. The second-order valence-corrected chi connectivity index (χ2v) is 14.0. The number of piperazine rings is 1. The summed E-state index contributed by atoms with van der Waals surface area (Å²) in [6, 6.07) is 12.8. The standard InChI is InChI=1S/C29H27ClFN7O4S.C4F6O2/c30-23-17-33-29-35-22-13-19(15-32-16-22)5-6-20-14-21(34-28(23)36-29)7-8-25(20)42-18-27(39)37-9-11-38(12-10-37)43(40,41)26-4-2-1-3-24(26)31;5-3(6,7)1(11)2(12)4(8,9)10/h1-4,7-8,13-17H,5-6,9-12,18H2,(H2,33,34,35,36);. The highest BCUT2D eigenvalue weighted by Gasteiger charge is 2.54. The maximum Gasteiger partial charge on any atom is 0.458 e. The van der Waals surface area contributed by atoms with Crippen molar-refractivity contribution in [2.75, 3.05) is 43.4 Å². The Morgan fingerprint density at radius 2 is 1.51 bits per heavy atom. The maximum atomic E-state index is 14.2. The molecular weight excluding hydrogens is 791 g/mol. The Kier molecular flexibility index (Phi) is 12.3. The van der Waals surface area contributed by atoms with Gasteiger partial charge >= 0.3 is 23.9 Å². The van der Waals surface area contributed by atoms with Gasteiger partial charge in [0.2, 0.25) is 16.0 Å². The van der Waals surface area contributed by atoms with Gasteiger partial charge in [-0.25, -0.2) is 17.8 Å². The Morgan fingerprint density at radius 1 is 0.836 bits per heavy atom. The van der Waals surface area contributed by atoms with E-state index in [2.05, 4.69) is 25.6 Å². The molecule has 0 saturated carbocycles. The maximum absolute atomic E-state index is 14.2. The summed E-state index contributed by atoms with van der Waals surface area (Å²) in [7, 11) is -4.00. The number of anilines is 4. The first-order chi connectivity index (χ1) is 25.8. The van der Waals surface area contributed by atoms with Crippen molar-refractivity contribution in [3.63, 3.8) is 0 Å². The Bertz CT molecular complexity index is 2180. The van der Waals surface area contributed by atoms with Crippen molar-refractivity contribution in [1.29, 1.82) is 0 Å². The number of benzene rings is 2. The van der Waals surface area contributed by atoms with Crippen LogP contribution in [0.3, 0.4) is 0 Å². The molecule has 0 radical (unpaired) electrons. The molecule has 2 aromatic heterocycles. The van der Waals surface area contributed by atoms with E-state index in [4.69, 9.17) is 16.3 Å². The number of sulfonamides is 1. The summed E-state index contributed by atoms with van der Waals surface area (Å²) >= 11 is 6.35. The summed E-state index contributed by atoms with van der Waals surface area (Å²) in [5, 5.41) is 6.73. The van der Waals surface area contributed by atoms with Crippen LogP contribution < -0.4 is 15.4 Å². The number of halogens is 8. The van der Waals surface area contributed by atoms with Gasteiger partial charge in [0, 0.05) is 38.1 Å². The molecule has 0 atom stereocenters. The van der Waals surface area contributed by atoms with Crippen LogP contribution in [0.25, 0.3) is 0 Å². The molecule has 0 unspecified atom stereocenters. The zero-order chi connectivity index (χ0) is 40.1. The number of rotatable bonds is 6. The second kappa shape index (κ2) is 16.5. The predicted molar refractivity (Wildman–Crippen MR) is 181 cm³/mol. The molecular formula is C33H27ClF7N7O6S. The molecule has 4 aromatic rings. The molecule has 13 nitrogen and oxygen atoms in total. The largest absolute Gasteiger partial charge is 0.483 e. The van der Waals surface area contributed by atoms with Crippen LogP contribution in [-0.4, -0.2) is 95.2 Å². The molecule has 292 valence electrons. The van der Waals surface area contributed by atoms with Crippen molar-refractivity contribution >= 4 is 62.2 Å². The van der Waals surface area contributed by atoms with Gasteiger partial charge < -0.3 is 20.3 Å². The van der Waals surface area contributed by atoms with Crippen molar-refractivity contribution in [3.05, 3.63) is 89.1 Å². The lowest BCUT2D eigenvalue weighted by atomic mass is 10.0. The van der Waals surface area contributed by atoms with Gasteiger partial charge in [0.15, 0.2) is 12.4 Å². The molecule has 4 heterocycles. The number of nitrogens with one attached hydrogen (secondary N) is 2. The van der Waals surface area contributed by atoms with Gasteiger partial charge in [-0.05, 0) is 60.4 Å². The molecule has 0 spiro atoms. The lowest BCUT2D eigenvalue weighted by Gasteiger charge is -2.34. The Balaban J connectivity index is 0.000000418. The number of aromatic nitrogens is 3. The van der Waals surface area contributed by atoms with Crippen LogP contribution in [0.15, 0.2) is 72.0 Å². The number of alkyl halides is 6. The second-order valence-electron chi connectivity index (χ2n) is 11.7. The number of ketones is 2. The number of Topliss-reactive ketones (excluding diaryl/α,β-unsaturated/α-hetero) is 2. The van der Waals surface area contributed by atoms with Crippen LogP contribution in [0.1, 0.15) is 11.1 Å². The minimum Gasteiger partial charge on any atom is -0.483 e. The number of amides is 1. The molecule has 1 saturated heterocycles. The molecule has 1 fully saturated rings. The van der Waals surface area contributed by atoms with Crippen LogP contribution in [0.2, 0.25) is 5.02 Å². The Morgan fingerprint density at radius 3 is 2.16 bits per heavy atom. The summed E-state index contributed by atoms with van der Waals surface area (Å²) < 4.78 is 114. The number of carbonyl (C=O) groups is 3. The Labute approximate surface area is 312 Å². The minimum atomic E-state index is -5.77. The van der Waals surface area contributed by atoms with Crippen LogP contribution in [0.4, 0.5) is 53.9 Å². The van der Waals surface area contributed by atoms with Crippen LogP contribution in [-0.2, 0) is 37.2 Å². The molecule has 2 aromatic carbocycles. The monoisotopic (exact) mass is 817 g/mol. The quantitative estimate of drug-likeness (QED) is 0.189. The van der Waals surface area contributed by atoms with E-state index in [0.717, 1.165) is 28.6 Å². The number of fused-ring (bicyclic) bond motifs is 6. The zero-order valence-electron chi connectivity index (χ0n) is 27.9. The summed E-state index contributed by atoms with van der Waals surface area (Å²) in [5.74, 6) is -6.55. The number of hydrogen-bond acceptors (Lipinski definition) is 11. The first-order valence-electron chi connectivity index (χ1n) is 15.8. The number of aryl methyl sites for hydroxylation is 2. The van der Waals surface area contributed by atoms with E-state index in [9.17, 15) is 53.5 Å². The fraction of sp³-hybridized carbons (Fsp3) is 0.273. The molecule has 2 aliphatic heterocycles. The van der Waals surface area contributed by atoms with Crippen molar-refractivity contribution < 1.29 is 58.3 Å². The highest BCUT2D eigenvalue weighted by molar-refractivity contribution is 7.89. The summed E-state index contributed by atoms with van der Waals surface area (Å²) in [5.41, 5.74) is 3.32. The normalized spacial score (nSPS) is 14.7. The topological polar surface area (TPSA) is 164 Å². The average Bonchev–Trinajstić information content (AvgIpc) is 3.14. The van der Waals surface area contributed by atoms with Gasteiger partial charge in [0.25, 0.3) is 5.91 Å². The van der Waals surface area contributed by atoms with Crippen molar-refractivity contribution in [3.8, 4) is 5.75 Å². The predicted octanol–water partition coefficient (Wildman–Crippen LogP) is 5.41. The van der Waals surface area contributed by atoms with Crippen LogP contribution in [0.5, 0.6) is 5.75 Å². The number of nitrogens with zero attached hydrogens (tertiary/aromatic N) is 5. The number of hydrogen-bond donors (Lipinski definition) is 2. The van der Waals surface area contributed by atoms with Crippen molar-refractivity contribution in [1.82, 2.24) is 24.2 Å². The molecule has 1 amide bonds. The van der Waals surface area contributed by atoms with Crippen LogP contribution >= 0.6 is 11.6 Å². The van der Waals surface area contributed by atoms with Crippen molar-refractivity contribution in [2.45, 2.75) is 30.1 Å². The first-order valence-corrected chi connectivity index (χ1v) is 17.7. The van der Waals surface area contributed by atoms with Gasteiger partial charge in [-0.1, -0.05) is 23.7 Å². The van der Waals surface area contributed by atoms with E-state index in [1.54, 1.807) is 23.4 Å². The molecule has 22 heteroatoms. The summed E-state index contributed by atoms with van der Waals surface area (Å²) in [6.45, 7) is 0.240. The van der Waals surface area contributed by atoms with Crippen molar-refractivity contribution in [2.24, 2.45) is 0 Å². The summed E-state index contributed by atoms with van der Waals surface area (Å²) in [4.78, 5) is 46.5. The van der Waals surface area contributed by atoms with Gasteiger partial charge in [-0.3, -0.25) is 19.4 Å². The van der Waals surface area contributed by atoms with Crippen LogP contribution in [0, 0.1) is 5.82 Å². The molecule has 2 N–H and O–H groups in total. The average molecular weight is 818 g/mol. The van der Waals surface area contributed by atoms with Gasteiger partial charge in [0.1, 0.15) is 21.5 Å². The smallest absolute Gasteiger partial charge is 0.458 e. The third-order valence-corrected chi connectivity index (χ3v) is 10.1. The minimum absolute atomic E-state index is 0.0588. The van der Waals surface area contributed by atoms with E-state index >= 15 is 0 Å². The SMILES string of the molecule is O=C(C(=O)C(F)(F)F)C(F)(F)F.O=C(COc1ccc2cc1CCc1cncc(c1)Nc1ncc(Cl)c(n1)N2)N1CCN(S(=O)(=O)c2ccccc2F)CC1. The number of carbonyl (C=O) groups excluding carboxylic acids is 3. The molecule has 6 bridgehead atoms. The Hall–Kier alpha value is -5.41. The number of ether oxygens (including phenoxy) is 1. The van der Waals surface area contributed by atoms with E-state index < -0.39 is 39.8 Å². The van der Waals surface area contributed by atoms with E-state index in [1.807, 2.05) is 18.2 Å².